The van der Waals surface area contributed by atoms with Crippen molar-refractivity contribution in [2.45, 2.75) is 46.6 Å². The molecule has 0 saturated carbocycles. The van der Waals surface area contributed by atoms with Crippen LogP contribution in [0.1, 0.15) is 44.5 Å². The zero-order valence-electron chi connectivity index (χ0n) is 13.6. The molecule has 1 atom stereocenters. The maximum absolute atomic E-state index is 9.91. The van der Waals surface area contributed by atoms with E-state index in [2.05, 4.69) is 41.9 Å². The summed E-state index contributed by atoms with van der Waals surface area (Å²) in [5, 5.41) is 9.91. The van der Waals surface area contributed by atoms with Crippen LogP contribution in [0.2, 0.25) is 0 Å². The predicted molar refractivity (Wildman–Crippen MR) is 87.1 cm³/mol. The molecule has 0 radical (unpaired) electrons. The predicted octanol–water partition coefficient (Wildman–Crippen LogP) is 3.32. The average molecular weight is 288 g/mol. The molecule has 1 N–H and O–H groups in total. The second-order valence-electron chi connectivity index (χ2n) is 6.73. The van der Waals surface area contributed by atoms with Crippen molar-refractivity contribution in [3.8, 4) is 0 Å². The Labute approximate surface area is 128 Å². The number of aliphatic hydroxyl groups is 1. The Kier molecular flexibility index (Phi) is 5.54. The first-order chi connectivity index (χ1) is 10.0. The minimum Gasteiger partial charge on any atom is -0.396 e. The van der Waals surface area contributed by atoms with Crippen molar-refractivity contribution in [2.24, 2.45) is 5.41 Å². The highest BCUT2D eigenvalue weighted by Gasteiger charge is 2.34. The second kappa shape index (κ2) is 7.19. The van der Waals surface area contributed by atoms with Crippen molar-refractivity contribution in [2.75, 3.05) is 19.7 Å². The van der Waals surface area contributed by atoms with Gasteiger partial charge in [0.1, 0.15) is 0 Å². The van der Waals surface area contributed by atoms with Gasteiger partial charge in [0, 0.05) is 24.2 Å². The topological polar surface area (TPSA) is 36.4 Å². The number of piperidine rings is 1. The quantitative estimate of drug-likeness (QED) is 0.844. The van der Waals surface area contributed by atoms with Crippen molar-refractivity contribution in [1.82, 2.24) is 9.88 Å². The van der Waals surface area contributed by atoms with E-state index in [9.17, 15) is 5.11 Å². The molecule has 3 nitrogen and oxygen atoms in total. The van der Waals surface area contributed by atoms with Crippen molar-refractivity contribution >= 4 is 0 Å². The molecule has 0 aliphatic carbocycles. The number of allylic oxidation sites excluding steroid dienone is 2. The van der Waals surface area contributed by atoms with Crippen LogP contribution < -0.4 is 0 Å². The normalized spacial score (nSPS) is 23.0. The van der Waals surface area contributed by atoms with Gasteiger partial charge in [-0.3, -0.25) is 9.88 Å². The summed E-state index contributed by atoms with van der Waals surface area (Å²) in [4.78, 5) is 7.04. The van der Waals surface area contributed by atoms with Gasteiger partial charge < -0.3 is 5.11 Å². The van der Waals surface area contributed by atoms with Gasteiger partial charge in [0.2, 0.25) is 0 Å². The number of nitrogens with zero attached hydrogens (tertiary/aromatic N) is 2. The molecule has 2 rings (SSSR count). The summed E-state index contributed by atoms with van der Waals surface area (Å²) in [6.07, 6.45) is 5.52. The third-order valence-corrected chi connectivity index (χ3v) is 4.35. The maximum Gasteiger partial charge on any atom is 0.0547 e. The van der Waals surface area contributed by atoms with Crippen LogP contribution in [0.4, 0.5) is 0 Å². The molecule has 116 valence electrons. The minimum absolute atomic E-state index is 0.0271. The molecule has 0 bridgehead atoms. The minimum atomic E-state index is 0.0271. The molecular weight excluding hydrogens is 260 g/mol. The Morgan fingerprint density at radius 3 is 2.90 bits per heavy atom. The Bertz CT molecular complexity index is 494. The van der Waals surface area contributed by atoms with Gasteiger partial charge in [-0.2, -0.15) is 0 Å². The molecule has 0 spiro atoms. The summed E-state index contributed by atoms with van der Waals surface area (Å²) in [6.45, 7) is 9.51. The van der Waals surface area contributed by atoms with E-state index < -0.39 is 0 Å². The summed E-state index contributed by atoms with van der Waals surface area (Å²) in [6, 6.07) is 6.20. The fourth-order valence-electron chi connectivity index (χ4n) is 3.14. The van der Waals surface area contributed by atoms with E-state index in [1.165, 1.54) is 5.57 Å². The third-order valence-electron chi connectivity index (χ3n) is 4.35. The number of pyridine rings is 1. The monoisotopic (exact) mass is 288 g/mol. The van der Waals surface area contributed by atoms with Crippen molar-refractivity contribution in [3.63, 3.8) is 0 Å². The molecule has 1 fully saturated rings. The average Bonchev–Trinajstić information content (AvgIpc) is 2.45. The van der Waals surface area contributed by atoms with Gasteiger partial charge in [-0.05, 0) is 58.7 Å². The molecule has 1 aliphatic rings. The van der Waals surface area contributed by atoms with Crippen LogP contribution in [0.15, 0.2) is 29.8 Å². The van der Waals surface area contributed by atoms with Crippen LogP contribution in [-0.2, 0) is 6.54 Å². The van der Waals surface area contributed by atoms with Gasteiger partial charge in [0.25, 0.3) is 0 Å². The molecule has 21 heavy (non-hydrogen) atoms. The molecule has 1 aromatic heterocycles. The summed E-state index contributed by atoms with van der Waals surface area (Å²) in [5.41, 5.74) is 3.56. The fraction of sp³-hybridized carbons (Fsp3) is 0.611. The van der Waals surface area contributed by atoms with Gasteiger partial charge >= 0.3 is 0 Å². The van der Waals surface area contributed by atoms with Gasteiger partial charge in [-0.1, -0.05) is 17.7 Å². The van der Waals surface area contributed by atoms with Crippen molar-refractivity contribution in [1.29, 1.82) is 0 Å². The fourth-order valence-corrected chi connectivity index (χ4v) is 3.14. The van der Waals surface area contributed by atoms with Gasteiger partial charge in [0.15, 0.2) is 0 Å². The molecular formula is C18H28N2O. The maximum atomic E-state index is 9.91. The Balaban J connectivity index is 2.03. The van der Waals surface area contributed by atoms with Crippen LogP contribution in [0.3, 0.4) is 0 Å². The molecule has 1 aromatic rings. The number of aromatic nitrogens is 1. The Morgan fingerprint density at radius 1 is 1.43 bits per heavy atom. The van der Waals surface area contributed by atoms with E-state index in [0.29, 0.717) is 0 Å². The molecule has 3 heteroatoms. The zero-order chi connectivity index (χ0) is 15.3. The lowest BCUT2D eigenvalue weighted by molar-refractivity contribution is 0.0302. The van der Waals surface area contributed by atoms with Gasteiger partial charge in [-0.15, -0.1) is 0 Å². The third kappa shape index (κ3) is 4.65. The van der Waals surface area contributed by atoms with E-state index in [-0.39, 0.29) is 12.0 Å². The molecule has 2 heterocycles. The molecule has 1 aliphatic heterocycles. The summed E-state index contributed by atoms with van der Waals surface area (Å²) in [5.74, 6) is 0. The number of likely N-dealkylation sites (tertiary alicyclic amines) is 1. The van der Waals surface area contributed by atoms with Crippen LogP contribution in [0.5, 0.6) is 0 Å². The van der Waals surface area contributed by atoms with E-state index in [1.807, 2.05) is 13.0 Å². The van der Waals surface area contributed by atoms with Crippen LogP contribution >= 0.6 is 0 Å². The first-order valence-corrected chi connectivity index (χ1v) is 7.92. The van der Waals surface area contributed by atoms with Gasteiger partial charge in [0.05, 0.1) is 12.3 Å². The summed E-state index contributed by atoms with van der Waals surface area (Å²) >= 11 is 0. The summed E-state index contributed by atoms with van der Waals surface area (Å²) in [7, 11) is 0. The SMILES string of the molecule is CC(C)=CC[C@@]1(CO)CCCN(Cc2cccc(C)n2)C1. The molecule has 0 amide bonds. The van der Waals surface area contributed by atoms with Crippen molar-refractivity contribution in [3.05, 3.63) is 41.2 Å². The highest BCUT2D eigenvalue weighted by Crippen LogP contribution is 2.34. The number of aliphatic hydroxyl groups excluding tert-OH is 1. The van der Waals surface area contributed by atoms with Crippen LogP contribution in [-0.4, -0.2) is 34.7 Å². The molecule has 0 aromatic carbocycles. The largest absolute Gasteiger partial charge is 0.396 e. The Hall–Kier alpha value is -1.19. The number of hydrogen-bond acceptors (Lipinski definition) is 3. The highest BCUT2D eigenvalue weighted by molar-refractivity contribution is 5.10. The lowest BCUT2D eigenvalue weighted by Gasteiger charge is -2.41. The summed E-state index contributed by atoms with van der Waals surface area (Å²) < 4.78 is 0. The van der Waals surface area contributed by atoms with E-state index in [4.69, 9.17) is 0 Å². The van der Waals surface area contributed by atoms with Crippen molar-refractivity contribution < 1.29 is 5.11 Å². The van der Waals surface area contributed by atoms with Crippen LogP contribution in [0.25, 0.3) is 0 Å². The van der Waals surface area contributed by atoms with E-state index in [0.717, 1.165) is 50.3 Å². The first-order valence-electron chi connectivity index (χ1n) is 7.92. The molecule has 0 unspecified atom stereocenters. The standard InChI is InChI=1S/C18H28N2O/c1-15(2)8-10-18(14-21)9-5-11-20(13-18)12-17-7-4-6-16(3)19-17/h4,6-8,21H,5,9-14H2,1-3H3/t18-/m0/s1. The first kappa shape index (κ1) is 16.2. The van der Waals surface area contributed by atoms with E-state index >= 15 is 0 Å². The second-order valence-corrected chi connectivity index (χ2v) is 6.73. The Morgan fingerprint density at radius 2 is 2.24 bits per heavy atom. The lowest BCUT2D eigenvalue weighted by atomic mass is 9.77. The molecule has 1 saturated heterocycles. The number of hydrogen-bond donors (Lipinski definition) is 1. The highest BCUT2D eigenvalue weighted by atomic mass is 16.3. The smallest absolute Gasteiger partial charge is 0.0547 e. The van der Waals surface area contributed by atoms with Gasteiger partial charge in [-0.25, -0.2) is 0 Å². The zero-order valence-corrected chi connectivity index (χ0v) is 13.6. The number of rotatable bonds is 5. The number of aryl methyl sites for hydroxylation is 1. The lowest BCUT2D eigenvalue weighted by Crippen LogP contribution is -2.44. The van der Waals surface area contributed by atoms with E-state index in [1.54, 1.807) is 0 Å². The van der Waals surface area contributed by atoms with Crippen LogP contribution in [0, 0.1) is 12.3 Å².